The lowest BCUT2D eigenvalue weighted by atomic mass is 10.1. The number of rotatable bonds is 8. The SMILES string of the molecule is O=S(=O)(Nc1ccc(NCCCc2ccccc2)nc1)c1ccccc1. The van der Waals surface area contributed by atoms with Crippen molar-refractivity contribution in [3.8, 4) is 0 Å². The first-order valence-electron chi connectivity index (χ1n) is 8.45. The zero-order valence-electron chi connectivity index (χ0n) is 14.3. The molecule has 1 aromatic heterocycles. The number of nitrogens with one attached hydrogen (secondary N) is 2. The Hall–Kier alpha value is -2.86. The van der Waals surface area contributed by atoms with Gasteiger partial charge in [-0.1, -0.05) is 48.5 Å². The summed E-state index contributed by atoms with van der Waals surface area (Å²) in [5.41, 5.74) is 1.75. The molecule has 3 aromatic rings. The molecule has 0 unspecified atom stereocenters. The summed E-state index contributed by atoms with van der Waals surface area (Å²) < 4.78 is 27.1. The molecule has 2 N–H and O–H groups in total. The third-order valence-corrected chi connectivity index (χ3v) is 5.26. The Morgan fingerprint density at radius 2 is 1.54 bits per heavy atom. The quantitative estimate of drug-likeness (QED) is 0.592. The van der Waals surface area contributed by atoms with Crippen LogP contribution in [0.3, 0.4) is 0 Å². The van der Waals surface area contributed by atoms with Gasteiger partial charge in [0.15, 0.2) is 0 Å². The smallest absolute Gasteiger partial charge is 0.261 e. The minimum absolute atomic E-state index is 0.225. The normalized spacial score (nSPS) is 11.1. The highest BCUT2D eigenvalue weighted by Gasteiger charge is 2.13. The average Bonchev–Trinajstić information content (AvgIpc) is 2.68. The van der Waals surface area contributed by atoms with Crippen LogP contribution in [0.25, 0.3) is 0 Å². The van der Waals surface area contributed by atoms with Crippen molar-refractivity contribution in [1.82, 2.24) is 4.98 Å². The molecule has 0 aliphatic carbocycles. The second-order valence-electron chi connectivity index (χ2n) is 5.87. The number of aryl methyl sites for hydroxylation is 1. The van der Waals surface area contributed by atoms with Crippen LogP contribution in [0.15, 0.2) is 83.9 Å². The first-order chi connectivity index (χ1) is 12.6. The van der Waals surface area contributed by atoms with Gasteiger partial charge in [-0.3, -0.25) is 4.72 Å². The van der Waals surface area contributed by atoms with E-state index in [1.807, 2.05) is 18.2 Å². The summed E-state index contributed by atoms with van der Waals surface area (Å²) in [6, 6.07) is 22.1. The molecule has 26 heavy (non-hydrogen) atoms. The lowest BCUT2D eigenvalue weighted by molar-refractivity contribution is 0.601. The Morgan fingerprint density at radius 1 is 0.846 bits per heavy atom. The Balaban J connectivity index is 1.50. The molecule has 5 nitrogen and oxygen atoms in total. The molecule has 6 heteroatoms. The van der Waals surface area contributed by atoms with Crippen molar-refractivity contribution >= 4 is 21.5 Å². The van der Waals surface area contributed by atoms with E-state index >= 15 is 0 Å². The number of pyridine rings is 1. The van der Waals surface area contributed by atoms with Gasteiger partial charge in [-0.05, 0) is 42.7 Å². The number of aromatic nitrogens is 1. The number of nitrogens with zero attached hydrogens (tertiary/aromatic N) is 1. The Bertz CT molecular complexity index is 912. The lowest BCUT2D eigenvalue weighted by Crippen LogP contribution is -2.13. The van der Waals surface area contributed by atoms with Gasteiger partial charge >= 0.3 is 0 Å². The van der Waals surface area contributed by atoms with E-state index in [0.717, 1.165) is 25.2 Å². The van der Waals surface area contributed by atoms with Gasteiger partial charge in [-0.25, -0.2) is 13.4 Å². The monoisotopic (exact) mass is 367 g/mol. The highest BCUT2D eigenvalue weighted by molar-refractivity contribution is 7.92. The third kappa shape index (κ3) is 5.07. The zero-order chi connectivity index (χ0) is 18.2. The molecule has 0 bridgehead atoms. The van der Waals surface area contributed by atoms with Gasteiger partial charge in [0.25, 0.3) is 10.0 Å². The molecule has 3 rings (SSSR count). The van der Waals surface area contributed by atoms with E-state index in [2.05, 4.69) is 27.2 Å². The highest BCUT2D eigenvalue weighted by atomic mass is 32.2. The van der Waals surface area contributed by atoms with E-state index in [1.54, 1.807) is 42.5 Å². The van der Waals surface area contributed by atoms with Crippen LogP contribution in [0, 0.1) is 0 Å². The molecule has 0 aliphatic rings. The summed E-state index contributed by atoms with van der Waals surface area (Å²) in [5, 5.41) is 3.25. The van der Waals surface area contributed by atoms with Crippen LogP contribution in [-0.4, -0.2) is 19.9 Å². The van der Waals surface area contributed by atoms with Gasteiger partial charge in [0.2, 0.25) is 0 Å². The maximum absolute atomic E-state index is 12.3. The van der Waals surface area contributed by atoms with E-state index in [-0.39, 0.29) is 4.90 Å². The summed E-state index contributed by atoms with van der Waals surface area (Å²) in [5.74, 6) is 0.723. The van der Waals surface area contributed by atoms with Gasteiger partial charge < -0.3 is 5.32 Å². The van der Waals surface area contributed by atoms with E-state index < -0.39 is 10.0 Å². The summed E-state index contributed by atoms with van der Waals surface area (Å²) in [7, 11) is -3.59. The van der Waals surface area contributed by atoms with E-state index in [1.165, 1.54) is 11.8 Å². The summed E-state index contributed by atoms with van der Waals surface area (Å²) in [6.07, 6.45) is 3.51. The summed E-state index contributed by atoms with van der Waals surface area (Å²) in [4.78, 5) is 4.49. The Kier molecular flexibility index (Phi) is 5.86. The van der Waals surface area contributed by atoms with E-state index in [0.29, 0.717) is 5.69 Å². The fourth-order valence-corrected chi connectivity index (χ4v) is 3.59. The molecule has 1 heterocycles. The van der Waals surface area contributed by atoms with Crippen LogP contribution in [0.2, 0.25) is 0 Å². The number of benzene rings is 2. The second kappa shape index (κ2) is 8.49. The molecular formula is C20H21N3O2S. The van der Waals surface area contributed by atoms with Gasteiger partial charge in [-0.2, -0.15) is 0 Å². The van der Waals surface area contributed by atoms with Gasteiger partial charge in [0, 0.05) is 6.54 Å². The topological polar surface area (TPSA) is 71.1 Å². The Morgan fingerprint density at radius 3 is 2.19 bits per heavy atom. The van der Waals surface area contributed by atoms with Gasteiger partial charge in [0.1, 0.15) is 5.82 Å². The van der Waals surface area contributed by atoms with Crippen LogP contribution in [0.1, 0.15) is 12.0 Å². The predicted molar refractivity (Wildman–Crippen MR) is 105 cm³/mol. The van der Waals surface area contributed by atoms with Crippen molar-refractivity contribution in [3.05, 3.63) is 84.6 Å². The average molecular weight is 367 g/mol. The van der Waals surface area contributed by atoms with E-state index in [4.69, 9.17) is 0 Å². The minimum Gasteiger partial charge on any atom is -0.370 e. The molecule has 134 valence electrons. The van der Waals surface area contributed by atoms with Crippen molar-refractivity contribution in [3.63, 3.8) is 0 Å². The molecule has 0 saturated heterocycles. The lowest BCUT2D eigenvalue weighted by Gasteiger charge is -2.09. The van der Waals surface area contributed by atoms with Crippen LogP contribution in [0.5, 0.6) is 0 Å². The largest absolute Gasteiger partial charge is 0.370 e. The molecule has 0 fully saturated rings. The minimum atomic E-state index is -3.59. The van der Waals surface area contributed by atoms with Crippen molar-refractivity contribution in [1.29, 1.82) is 0 Å². The van der Waals surface area contributed by atoms with Crippen molar-refractivity contribution in [2.75, 3.05) is 16.6 Å². The second-order valence-corrected chi connectivity index (χ2v) is 7.55. The van der Waals surface area contributed by atoms with E-state index in [9.17, 15) is 8.42 Å². The third-order valence-electron chi connectivity index (χ3n) is 3.86. The van der Waals surface area contributed by atoms with Crippen molar-refractivity contribution in [2.24, 2.45) is 0 Å². The first kappa shape index (κ1) is 17.9. The fraction of sp³-hybridized carbons (Fsp3) is 0.150. The van der Waals surface area contributed by atoms with Gasteiger partial charge in [0.05, 0.1) is 16.8 Å². The standard InChI is InChI=1S/C20H21N3O2S/c24-26(25,19-11-5-2-6-12-19)23-18-13-14-20(22-16-18)21-15-7-10-17-8-3-1-4-9-17/h1-6,8-9,11-14,16,23H,7,10,15H2,(H,21,22). The predicted octanol–water partition coefficient (Wildman–Crippen LogP) is 3.93. The molecule has 2 aromatic carbocycles. The number of hydrogen-bond donors (Lipinski definition) is 2. The number of sulfonamides is 1. The maximum Gasteiger partial charge on any atom is 0.261 e. The number of anilines is 2. The van der Waals surface area contributed by atoms with Crippen LogP contribution >= 0.6 is 0 Å². The molecule has 0 radical (unpaired) electrons. The Labute approximate surface area is 154 Å². The van der Waals surface area contributed by atoms with Crippen molar-refractivity contribution < 1.29 is 8.42 Å². The van der Waals surface area contributed by atoms with Crippen LogP contribution < -0.4 is 10.0 Å². The molecule has 0 atom stereocenters. The first-order valence-corrected chi connectivity index (χ1v) is 9.93. The van der Waals surface area contributed by atoms with Crippen LogP contribution in [0.4, 0.5) is 11.5 Å². The molecule has 0 aliphatic heterocycles. The molecular weight excluding hydrogens is 346 g/mol. The fourth-order valence-electron chi connectivity index (χ4n) is 2.53. The zero-order valence-corrected chi connectivity index (χ0v) is 15.1. The highest BCUT2D eigenvalue weighted by Crippen LogP contribution is 2.16. The van der Waals surface area contributed by atoms with Crippen LogP contribution in [-0.2, 0) is 16.4 Å². The molecule has 0 amide bonds. The molecule has 0 spiro atoms. The molecule has 0 saturated carbocycles. The van der Waals surface area contributed by atoms with Crippen molar-refractivity contribution in [2.45, 2.75) is 17.7 Å². The maximum atomic E-state index is 12.3. The summed E-state index contributed by atoms with van der Waals surface area (Å²) >= 11 is 0. The summed E-state index contributed by atoms with van der Waals surface area (Å²) in [6.45, 7) is 0.803. The van der Waals surface area contributed by atoms with Gasteiger partial charge in [-0.15, -0.1) is 0 Å². The number of hydrogen-bond acceptors (Lipinski definition) is 4.